The summed E-state index contributed by atoms with van der Waals surface area (Å²) < 4.78 is 13.6. The molecule has 2 N–H and O–H groups in total. The van der Waals surface area contributed by atoms with Crippen molar-refractivity contribution in [2.24, 2.45) is 0 Å². The standard InChI is InChI=1S/C21H19FN2O2S2/c22-17-8-3-1-6-15(17)14-27-13-11-23-20(25)16-7-2-4-9-18(16)24-21(26)19-10-5-12-28-19/h1-10,12H,11,13-14H2,(H,23,25)(H,24,26). The lowest BCUT2D eigenvalue weighted by molar-refractivity contribution is 0.0957. The fraction of sp³-hybridized carbons (Fsp3) is 0.143. The summed E-state index contributed by atoms with van der Waals surface area (Å²) in [5.41, 5.74) is 1.53. The summed E-state index contributed by atoms with van der Waals surface area (Å²) in [5, 5.41) is 7.46. The number of para-hydroxylation sites is 1. The number of hydrogen-bond acceptors (Lipinski definition) is 4. The van der Waals surface area contributed by atoms with E-state index < -0.39 is 0 Å². The van der Waals surface area contributed by atoms with Gasteiger partial charge in [0.25, 0.3) is 11.8 Å². The summed E-state index contributed by atoms with van der Waals surface area (Å²) in [6.45, 7) is 0.450. The van der Waals surface area contributed by atoms with Gasteiger partial charge in [-0.05, 0) is 35.2 Å². The van der Waals surface area contributed by atoms with Gasteiger partial charge in [-0.1, -0.05) is 36.4 Å². The van der Waals surface area contributed by atoms with Gasteiger partial charge in [0, 0.05) is 18.1 Å². The van der Waals surface area contributed by atoms with Crippen molar-refractivity contribution < 1.29 is 14.0 Å². The predicted octanol–water partition coefficient (Wildman–Crippen LogP) is 4.80. The van der Waals surface area contributed by atoms with Crippen molar-refractivity contribution >= 4 is 40.6 Å². The van der Waals surface area contributed by atoms with Crippen LogP contribution in [0.25, 0.3) is 0 Å². The van der Waals surface area contributed by atoms with Crippen LogP contribution in [0.3, 0.4) is 0 Å². The van der Waals surface area contributed by atoms with Gasteiger partial charge in [-0.2, -0.15) is 11.8 Å². The molecular formula is C21H19FN2O2S2. The third-order valence-electron chi connectivity index (χ3n) is 3.91. The molecule has 2 amide bonds. The van der Waals surface area contributed by atoms with Gasteiger partial charge in [0.1, 0.15) is 5.82 Å². The number of thioether (sulfide) groups is 1. The topological polar surface area (TPSA) is 58.2 Å². The van der Waals surface area contributed by atoms with E-state index in [9.17, 15) is 14.0 Å². The maximum absolute atomic E-state index is 13.6. The van der Waals surface area contributed by atoms with Gasteiger partial charge >= 0.3 is 0 Å². The second kappa shape index (κ2) is 10.1. The monoisotopic (exact) mass is 414 g/mol. The molecular weight excluding hydrogens is 395 g/mol. The highest BCUT2D eigenvalue weighted by Crippen LogP contribution is 2.18. The van der Waals surface area contributed by atoms with Crippen LogP contribution < -0.4 is 10.6 Å². The Morgan fingerprint density at radius 1 is 0.964 bits per heavy atom. The molecule has 0 fully saturated rings. The van der Waals surface area contributed by atoms with E-state index in [4.69, 9.17) is 0 Å². The highest BCUT2D eigenvalue weighted by Gasteiger charge is 2.14. The molecule has 3 aromatic rings. The molecule has 2 aromatic carbocycles. The van der Waals surface area contributed by atoms with E-state index in [-0.39, 0.29) is 17.6 Å². The molecule has 7 heteroatoms. The Bertz CT molecular complexity index is 945. The fourth-order valence-electron chi connectivity index (χ4n) is 2.51. The zero-order valence-electron chi connectivity index (χ0n) is 15.0. The molecule has 0 aliphatic heterocycles. The van der Waals surface area contributed by atoms with Crippen LogP contribution in [0.1, 0.15) is 25.6 Å². The molecule has 0 atom stereocenters. The Morgan fingerprint density at radius 3 is 2.54 bits per heavy atom. The number of hydrogen-bond donors (Lipinski definition) is 2. The minimum absolute atomic E-state index is 0.213. The normalized spacial score (nSPS) is 10.5. The molecule has 144 valence electrons. The lowest BCUT2D eigenvalue weighted by Gasteiger charge is -2.11. The summed E-state index contributed by atoms with van der Waals surface area (Å²) in [5.74, 6) is 0.499. The lowest BCUT2D eigenvalue weighted by Crippen LogP contribution is -2.27. The highest BCUT2D eigenvalue weighted by atomic mass is 32.2. The third kappa shape index (κ3) is 5.43. The minimum atomic E-state index is -0.256. The molecule has 28 heavy (non-hydrogen) atoms. The SMILES string of the molecule is O=C(Nc1ccccc1C(=O)NCCSCc1ccccc1F)c1cccs1. The molecule has 0 bridgehead atoms. The summed E-state index contributed by atoms with van der Waals surface area (Å²) in [4.78, 5) is 25.3. The van der Waals surface area contributed by atoms with Crippen molar-refractivity contribution in [1.29, 1.82) is 0 Å². The molecule has 0 radical (unpaired) electrons. The first kappa shape index (κ1) is 20.1. The van der Waals surface area contributed by atoms with Crippen LogP contribution in [0.15, 0.2) is 66.0 Å². The lowest BCUT2D eigenvalue weighted by atomic mass is 10.1. The van der Waals surface area contributed by atoms with E-state index in [1.807, 2.05) is 11.4 Å². The maximum Gasteiger partial charge on any atom is 0.265 e. The number of nitrogens with one attached hydrogen (secondary N) is 2. The summed E-state index contributed by atoms with van der Waals surface area (Å²) in [6, 6.07) is 17.1. The van der Waals surface area contributed by atoms with Crippen molar-refractivity contribution in [3.63, 3.8) is 0 Å². The highest BCUT2D eigenvalue weighted by molar-refractivity contribution is 7.98. The molecule has 0 aliphatic rings. The second-order valence-electron chi connectivity index (χ2n) is 5.88. The number of amides is 2. The minimum Gasteiger partial charge on any atom is -0.351 e. The van der Waals surface area contributed by atoms with Gasteiger partial charge < -0.3 is 10.6 Å². The maximum atomic E-state index is 13.6. The molecule has 1 aromatic heterocycles. The van der Waals surface area contributed by atoms with Crippen molar-refractivity contribution in [1.82, 2.24) is 5.32 Å². The molecule has 3 rings (SSSR count). The van der Waals surface area contributed by atoms with Crippen LogP contribution in [0.4, 0.5) is 10.1 Å². The third-order valence-corrected chi connectivity index (χ3v) is 5.79. The number of halogens is 1. The molecule has 1 heterocycles. The molecule has 0 spiro atoms. The summed E-state index contributed by atoms with van der Waals surface area (Å²) >= 11 is 2.89. The van der Waals surface area contributed by atoms with E-state index in [1.165, 1.54) is 17.4 Å². The number of carbonyl (C=O) groups is 2. The Morgan fingerprint density at radius 2 is 1.75 bits per heavy atom. The average molecular weight is 415 g/mol. The van der Waals surface area contributed by atoms with Gasteiger partial charge in [-0.25, -0.2) is 4.39 Å². The number of benzene rings is 2. The zero-order chi connectivity index (χ0) is 19.8. The first-order chi connectivity index (χ1) is 13.6. The Labute approximate surface area is 171 Å². The van der Waals surface area contributed by atoms with Crippen LogP contribution in [-0.2, 0) is 5.75 Å². The summed E-state index contributed by atoms with van der Waals surface area (Å²) in [7, 11) is 0. The fourth-order valence-corrected chi connectivity index (χ4v) is 3.98. The van der Waals surface area contributed by atoms with Gasteiger partial charge in [0.05, 0.1) is 16.1 Å². The van der Waals surface area contributed by atoms with Gasteiger partial charge in [-0.3, -0.25) is 9.59 Å². The molecule has 0 aliphatic carbocycles. The van der Waals surface area contributed by atoms with Crippen molar-refractivity contribution in [2.45, 2.75) is 5.75 Å². The molecule has 0 saturated heterocycles. The van der Waals surface area contributed by atoms with Crippen LogP contribution in [-0.4, -0.2) is 24.1 Å². The summed E-state index contributed by atoms with van der Waals surface area (Å²) in [6.07, 6.45) is 0. The van der Waals surface area contributed by atoms with Crippen LogP contribution in [0.5, 0.6) is 0 Å². The largest absolute Gasteiger partial charge is 0.351 e. The first-order valence-electron chi connectivity index (χ1n) is 8.68. The Balaban J connectivity index is 1.50. The molecule has 0 unspecified atom stereocenters. The van der Waals surface area contributed by atoms with E-state index in [0.717, 1.165) is 0 Å². The second-order valence-corrected chi connectivity index (χ2v) is 7.93. The van der Waals surface area contributed by atoms with Gasteiger partial charge in [0.15, 0.2) is 0 Å². The van der Waals surface area contributed by atoms with E-state index in [2.05, 4.69) is 10.6 Å². The van der Waals surface area contributed by atoms with Crippen LogP contribution in [0.2, 0.25) is 0 Å². The van der Waals surface area contributed by atoms with E-state index in [1.54, 1.807) is 60.3 Å². The van der Waals surface area contributed by atoms with E-state index in [0.29, 0.717) is 39.7 Å². The van der Waals surface area contributed by atoms with Crippen molar-refractivity contribution in [2.75, 3.05) is 17.6 Å². The molecule has 0 saturated carbocycles. The number of thiophene rings is 1. The van der Waals surface area contributed by atoms with Gasteiger partial charge in [-0.15, -0.1) is 11.3 Å². The van der Waals surface area contributed by atoms with Crippen LogP contribution >= 0.6 is 23.1 Å². The van der Waals surface area contributed by atoms with Gasteiger partial charge in [0.2, 0.25) is 0 Å². The van der Waals surface area contributed by atoms with E-state index >= 15 is 0 Å². The van der Waals surface area contributed by atoms with Crippen molar-refractivity contribution in [3.05, 3.63) is 87.9 Å². The number of carbonyl (C=O) groups excluding carboxylic acids is 2. The van der Waals surface area contributed by atoms with Crippen LogP contribution in [0, 0.1) is 5.82 Å². The average Bonchev–Trinajstić information content (AvgIpc) is 3.24. The quantitative estimate of drug-likeness (QED) is 0.521. The zero-order valence-corrected chi connectivity index (χ0v) is 16.6. The predicted molar refractivity (Wildman–Crippen MR) is 114 cm³/mol. The first-order valence-corrected chi connectivity index (χ1v) is 10.7. The number of anilines is 1. The van der Waals surface area contributed by atoms with Crippen molar-refractivity contribution in [3.8, 4) is 0 Å². The Hall–Kier alpha value is -2.64. The Kier molecular flexibility index (Phi) is 7.22. The molecule has 4 nitrogen and oxygen atoms in total. The number of rotatable bonds is 8. The smallest absolute Gasteiger partial charge is 0.265 e.